The summed E-state index contributed by atoms with van der Waals surface area (Å²) in [5, 5.41) is 50.8. The Hall–Kier alpha value is -2.91. The van der Waals surface area contributed by atoms with E-state index in [-0.39, 0.29) is 5.54 Å². The fourth-order valence-corrected chi connectivity index (χ4v) is 8.38. The zero-order chi connectivity index (χ0) is 34.8. The van der Waals surface area contributed by atoms with Gasteiger partial charge in [0.05, 0.1) is 30.1 Å². The van der Waals surface area contributed by atoms with E-state index in [0.717, 1.165) is 27.5 Å². The third-order valence-corrected chi connectivity index (χ3v) is 11.8. The maximum atomic E-state index is 13.7. The summed E-state index contributed by atoms with van der Waals surface area (Å²) in [6, 6.07) is 7.96. The lowest BCUT2D eigenvalue weighted by Crippen LogP contribution is -2.51. The van der Waals surface area contributed by atoms with Gasteiger partial charge in [0.2, 0.25) is 15.4 Å². The van der Waals surface area contributed by atoms with Crippen LogP contribution in [0.1, 0.15) is 65.0 Å². The molecule has 0 aliphatic carbocycles. The molecule has 0 radical (unpaired) electrons. The largest absolute Gasteiger partial charge is 0.452 e. The van der Waals surface area contributed by atoms with Gasteiger partial charge in [0, 0.05) is 51.8 Å². The molecule has 0 saturated carbocycles. The number of nitrogens with zero attached hydrogens (tertiary/aromatic N) is 4. The summed E-state index contributed by atoms with van der Waals surface area (Å²) in [5.74, 6) is 1.19. The van der Waals surface area contributed by atoms with Crippen LogP contribution in [0.15, 0.2) is 35.3 Å². The molecule has 5 unspecified atom stereocenters. The Morgan fingerprint density at radius 1 is 1.06 bits per heavy atom. The number of hydrogen-bond acceptors (Lipinski definition) is 10. The van der Waals surface area contributed by atoms with Crippen molar-refractivity contribution in [3.8, 4) is 11.5 Å². The van der Waals surface area contributed by atoms with Gasteiger partial charge in [0.15, 0.2) is 17.0 Å². The zero-order valence-electron chi connectivity index (χ0n) is 28.5. The van der Waals surface area contributed by atoms with Crippen LogP contribution in [0, 0.1) is 0 Å². The number of hydrogen-bond donors (Lipinski definition) is 5. The van der Waals surface area contributed by atoms with Gasteiger partial charge < -0.3 is 35.2 Å². The molecule has 2 aromatic carbocycles. The van der Waals surface area contributed by atoms with Gasteiger partial charge >= 0.3 is 0 Å². The Morgan fingerprint density at radius 3 is 2.36 bits per heavy atom. The smallest absolute Gasteiger partial charge is 0.218 e. The molecule has 0 spiro atoms. The molecule has 12 nitrogen and oxygen atoms in total. The van der Waals surface area contributed by atoms with Gasteiger partial charge in [-0.3, -0.25) is 0 Å². The molecular weight excluding hydrogens is 624 g/mol. The van der Waals surface area contributed by atoms with E-state index in [9.17, 15) is 28.8 Å². The molecule has 0 fully saturated rings. The van der Waals surface area contributed by atoms with Crippen LogP contribution in [0.25, 0.3) is 5.57 Å². The predicted octanol–water partition coefficient (Wildman–Crippen LogP) is 0.850. The fourth-order valence-electron chi connectivity index (χ4n) is 7.15. The second-order valence-corrected chi connectivity index (χ2v) is 16.4. The zero-order valence-corrected chi connectivity index (χ0v) is 29.3. The molecule has 0 amide bonds. The number of aliphatic hydroxyl groups is 5. The first-order valence-electron chi connectivity index (χ1n) is 16.1. The van der Waals surface area contributed by atoms with Crippen LogP contribution in [0.4, 0.5) is 11.4 Å². The van der Waals surface area contributed by atoms with Gasteiger partial charge in [-0.15, -0.1) is 0 Å². The van der Waals surface area contributed by atoms with E-state index < -0.39 is 58.9 Å². The lowest BCUT2D eigenvalue weighted by Gasteiger charge is -2.45. The first-order valence-corrected chi connectivity index (χ1v) is 17.7. The molecule has 5 N–H and O–H groups in total. The van der Waals surface area contributed by atoms with Crippen LogP contribution in [-0.2, 0) is 10.0 Å². The number of sulfonamides is 1. The third-order valence-electron chi connectivity index (χ3n) is 10.0. The van der Waals surface area contributed by atoms with Gasteiger partial charge in [-0.2, -0.15) is 0 Å². The summed E-state index contributed by atoms with van der Waals surface area (Å²) in [5.41, 5.74) is 3.75. The molecule has 0 saturated heterocycles. The van der Waals surface area contributed by atoms with E-state index in [2.05, 4.69) is 49.4 Å². The number of rotatable bonds is 10. The van der Waals surface area contributed by atoms with Crippen molar-refractivity contribution >= 4 is 27.0 Å². The highest BCUT2D eigenvalue weighted by Gasteiger charge is 2.39. The summed E-state index contributed by atoms with van der Waals surface area (Å²) in [6.07, 6.45) is -4.21. The second-order valence-electron chi connectivity index (χ2n) is 14.3. The van der Waals surface area contributed by atoms with E-state index in [1.165, 1.54) is 12.6 Å². The van der Waals surface area contributed by atoms with Crippen LogP contribution >= 0.6 is 0 Å². The van der Waals surface area contributed by atoms with E-state index >= 15 is 0 Å². The Balaban J connectivity index is 1.53. The Bertz CT molecular complexity index is 1820. The number of fused-ring (bicyclic) bond motifs is 4. The van der Waals surface area contributed by atoms with Crippen LogP contribution in [0.2, 0.25) is 0 Å². The molecule has 3 aliphatic heterocycles. The molecule has 5 atom stereocenters. The summed E-state index contributed by atoms with van der Waals surface area (Å²) < 4.78 is 36.9. The molecule has 0 aromatic heterocycles. The molecule has 5 rings (SSSR count). The van der Waals surface area contributed by atoms with Crippen molar-refractivity contribution in [3.05, 3.63) is 52.2 Å². The molecule has 3 aliphatic rings. The molecular formula is C34H49N4O8S+. The maximum Gasteiger partial charge on any atom is 0.218 e. The van der Waals surface area contributed by atoms with Crippen LogP contribution in [0.3, 0.4) is 0 Å². The van der Waals surface area contributed by atoms with Crippen LogP contribution in [-0.4, -0.2) is 113 Å². The predicted molar refractivity (Wildman–Crippen MR) is 180 cm³/mol. The summed E-state index contributed by atoms with van der Waals surface area (Å²) in [7, 11) is -0.657. The van der Waals surface area contributed by atoms with Crippen LogP contribution < -0.4 is 24.9 Å². The molecule has 3 heterocycles. The summed E-state index contributed by atoms with van der Waals surface area (Å²) in [4.78, 5) is 7.29. The number of benzene rings is 2. The average molecular weight is 674 g/mol. The van der Waals surface area contributed by atoms with Crippen molar-refractivity contribution in [2.24, 2.45) is 4.99 Å². The Kier molecular flexibility index (Phi) is 9.43. The second kappa shape index (κ2) is 12.5. The molecule has 2 aromatic rings. The maximum absolute atomic E-state index is 13.7. The quantitative estimate of drug-likeness (QED) is 0.196. The van der Waals surface area contributed by atoms with E-state index in [4.69, 9.17) is 14.8 Å². The highest BCUT2D eigenvalue weighted by molar-refractivity contribution is 7.89. The molecule has 13 heteroatoms. The first kappa shape index (κ1) is 35.4. The minimum Gasteiger partial charge on any atom is -0.452 e. The van der Waals surface area contributed by atoms with E-state index in [1.54, 1.807) is 0 Å². The standard InChI is InChI=1S/C34H49N4O8S/c1-9-38-26-13-30-24(35-23-10-21-19(2)14-33(3,4)37(8)25(21)12-29(23)46-30)11-22(26)20(15-34(38,5)6)18-47(44,45)36(7)16-27(40)31(42)32(43)28(41)17-39/h10-13,15,19,27-28,31-32,39-43H,9,14,16-18H2,1-8H3/q+1. The van der Waals surface area contributed by atoms with Gasteiger partial charge in [-0.1, -0.05) is 6.92 Å². The molecule has 0 bridgehead atoms. The van der Waals surface area contributed by atoms with Crippen molar-refractivity contribution < 1.29 is 38.7 Å². The lowest BCUT2D eigenvalue weighted by molar-refractivity contribution is -0.116. The average Bonchev–Trinajstić information content (AvgIpc) is 2.99. The third kappa shape index (κ3) is 6.46. The van der Waals surface area contributed by atoms with Crippen LogP contribution in [0.5, 0.6) is 11.5 Å². The lowest BCUT2D eigenvalue weighted by atomic mass is 9.80. The van der Waals surface area contributed by atoms with Crippen molar-refractivity contribution in [2.45, 2.75) is 89.4 Å². The van der Waals surface area contributed by atoms with Crippen molar-refractivity contribution in [3.63, 3.8) is 0 Å². The van der Waals surface area contributed by atoms with E-state index in [0.29, 0.717) is 40.5 Å². The Morgan fingerprint density at radius 2 is 1.72 bits per heavy atom. The molecule has 47 heavy (non-hydrogen) atoms. The van der Waals surface area contributed by atoms with Crippen molar-refractivity contribution in [2.75, 3.05) is 44.4 Å². The normalized spacial score (nSPS) is 22.1. The fraction of sp³-hybridized carbons (Fsp3) is 0.588. The minimum atomic E-state index is -4.04. The Labute approximate surface area is 276 Å². The first-order chi connectivity index (χ1) is 21.8. The van der Waals surface area contributed by atoms with Gasteiger partial charge in [-0.25, -0.2) is 22.3 Å². The topological polar surface area (TPSA) is 166 Å². The molecule has 258 valence electrons. The monoisotopic (exact) mass is 673 g/mol. The SMILES string of the molecule is CC[N+]1=c2cc3c(cc2C(CS(=O)(=O)N(C)CC(O)C(O)C(O)C(O)CO)=CC1(C)C)=Nc1cc2c(cc1O3)N(C)C(C)(C)CC2C. The van der Waals surface area contributed by atoms with E-state index in [1.807, 2.05) is 39.0 Å². The van der Waals surface area contributed by atoms with Gasteiger partial charge in [0.1, 0.15) is 35.9 Å². The summed E-state index contributed by atoms with van der Waals surface area (Å²) >= 11 is 0. The number of ether oxygens (including phenoxy) is 1. The number of likely N-dealkylation sites (N-methyl/N-ethyl adjacent to an activating group) is 2. The highest BCUT2D eigenvalue weighted by atomic mass is 32.2. The highest BCUT2D eigenvalue weighted by Crippen LogP contribution is 2.48. The van der Waals surface area contributed by atoms with Crippen molar-refractivity contribution in [1.82, 2.24) is 8.88 Å². The van der Waals surface area contributed by atoms with Gasteiger partial charge in [0.25, 0.3) is 0 Å². The van der Waals surface area contributed by atoms with Crippen molar-refractivity contribution in [1.29, 1.82) is 0 Å². The minimum absolute atomic E-state index is 0.00462. The number of aliphatic hydroxyl groups excluding tert-OH is 5. The van der Waals surface area contributed by atoms with Gasteiger partial charge in [-0.05, 0) is 62.5 Å². The number of anilines is 1. The summed E-state index contributed by atoms with van der Waals surface area (Å²) in [6.45, 7) is 12.0.